The Balaban J connectivity index is 2.00. The third-order valence-electron chi connectivity index (χ3n) is 3.62. The molecule has 8 nitrogen and oxygen atoms in total. The Morgan fingerprint density at radius 2 is 2.04 bits per heavy atom. The van der Waals surface area contributed by atoms with Crippen LogP contribution in [-0.4, -0.2) is 29.8 Å². The Morgan fingerprint density at radius 3 is 2.67 bits per heavy atom. The summed E-state index contributed by atoms with van der Waals surface area (Å²) >= 11 is 0. The maximum absolute atomic E-state index is 12.5. The summed E-state index contributed by atoms with van der Waals surface area (Å²) in [6, 6.07) is 8.76. The van der Waals surface area contributed by atoms with Gasteiger partial charge in [-0.05, 0) is 45.0 Å². The smallest absolute Gasteiger partial charge is 0.416 e. The largest absolute Gasteiger partial charge is 0.484 e. The highest BCUT2D eigenvalue weighted by Crippen LogP contribution is 2.43. The minimum atomic E-state index is -0.647. The average Bonchev–Trinajstić information content (AvgIpc) is 2.62. The van der Waals surface area contributed by atoms with Gasteiger partial charge in [0.15, 0.2) is 11.6 Å². The zero-order valence-corrected chi connectivity index (χ0v) is 15.4. The molecule has 0 bridgehead atoms. The summed E-state index contributed by atoms with van der Waals surface area (Å²) in [5, 5.41) is 9.42. The van der Waals surface area contributed by atoms with Crippen LogP contribution in [0.1, 0.15) is 26.3 Å². The minimum absolute atomic E-state index is 0.191. The number of rotatable bonds is 2. The van der Waals surface area contributed by atoms with Gasteiger partial charge in [-0.2, -0.15) is 5.26 Å². The highest BCUT2D eigenvalue weighted by atomic mass is 16.6. The number of anilines is 2. The van der Waals surface area contributed by atoms with Crippen molar-refractivity contribution in [2.75, 3.05) is 23.8 Å². The normalized spacial score (nSPS) is 13.2. The van der Waals surface area contributed by atoms with E-state index in [0.29, 0.717) is 11.4 Å². The molecule has 1 aromatic heterocycles. The fourth-order valence-corrected chi connectivity index (χ4v) is 2.46. The number of ether oxygens (including phenoxy) is 3. The summed E-state index contributed by atoms with van der Waals surface area (Å²) in [4.78, 5) is 18.1. The van der Waals surface area contributed by atoms with E-state index < -0.39 is 11.7 Å². The Hall–Kier alpha value is -3.47. The molecule has 0 unspecified atom stereocenters. The molecule has 3 rings (SSSR count). The molecule has 0 atom stereocenters. The van der Waals surface area contributed by atoms with Gasteiger partial charge in [-0.3, -0.25) is 4.90 Å². The van der Waals surface area contributed by atoms with Crippen LogP contribution in [0.25, 0.3) is 0 Å². The van der Waals surface area contributed by atoms with Crippen molar-refractivity contribution in [2.45, 2.75) is 26.4 Å². The molecule has 27 heavy (non-hydrogen) atoms. The minimum Gasteiger partial charge on any atom is -0.484 e. The molecular weight excluding hydrogens is 348 g/mol. The number of carbonyl (C=O) groups excluding carboxylic acids is 1. The van der Waals surface area contributed by atoms with Crippen LogP contribution in [0.3, 0.4) is 0 Å². The van der Waals surface area contributed by atoms with E-state index >= 15 is 0 Å². The number of pyridine rings is 1. The predicted octanol–water partition coefficient (Wildman–Crippen LogP) is 3.46. The van der Waals surface area contributed by atoms with Crippen molar-refractivity contribution in [3.8, 4) is 23.3 Å². The molecule has 0 saturated heterocycles. The third-order valence-corrected chi connectivity index (χ3v) is 3.62. The SMILES string of the molecule is CC(C)(C)OC(=O)N1CCOc2c1ncc(C#N)c2Oc1ccc(N)cc1. The second kappa shape index (κ2) is 7.03. The Kier molecular flexibility index (Phi) is 4.77. The Bertz CT molecular complexity index is 898. The highest BCUT2D eigenvalue weighted by Gasteiger charge is 2.32. The number of nitrogens with zero attached hydrogens (tertiary/aromatic N) is 3. The van der Waals surface area contributed by atoms with Crippen molar-refractivity contribution in [1.29, 1.82) is 5.26 Å². The Morgan fingerprint density at radius 1 is 1.33 bits per heavy atom. The molecule has 2 N–H and O–H groups in total. The number of nitrogens with two attached hydrogens (primary N) is 1. The van der Waals surface area contributed by atoms with Gasteiger partial charge in [-0.15, -0.1) is 0 Å². The first-order valence-corrected chi connectivity index (χ1v) is 8.38. The first-order chi connectivity index (χ1) is 12.8. The lowest BCUT2D eigenvalue weighted by atomic mass is 10.2. The van der Waals surface area contributed by atoms with Gasteiger partial charge in [0.2, 0.25) is 5.75 Å². The monoisotopic (exact) mass is 368 g/mol. The number of benzene rings is 1. The molecule has 0 saturated carbocycles. The van der Waals surface area contributed by atoms with Crippen LogP contribution in [0.4, 0.5) is 16.3 Å². The molecule has 0 fully saturated rings. The van der Waals surface area contributed by atoms with Crippen LogP contribution in [0.15, 0.2) is 30.5 Å². The molecule has 2 aromatic rings. The van der Waals surface area contributed by atoms with E-state index in [9.17, 15) is 10.1 Å². The van der Waals surface area contributed by atoms with E-state index in [-0.39, 0.29) is 36.0 Å². The first kappa shape index (κ1) is 18.3. The fourth-order valence-electron chi connectivity index (χ4n) is 2.46. The van der Waals surface area contributed by atoms with Crippen molar-refractivity contribution >= 4 is 17.6 Å². The van der Waals surface area contributed by atoms with Gasteiger partial charge in [0.1, 0.15) is 29.6 Å². The molecule has 140 valence electrons. The van der Waals surface area contributed by atoms with Gasteiger partial charge in [-0.1, -0.05) is 0 Å². The average molecular weight is 368 g/mol. The molecular formula is C19H20N4O4. The summed E-state index contributed by atoms with van der Waals surface area (Å²) in [6.45, 7) is 5.86. The quantitative estimate of drug-likeness (QED) is 0.808. The van der Waals surface area contributed by atoms with Gasteiger partial charge in [0.05, 0.1) is 12.7 Å². The maximum atomic E-state index is 12.5. The molecule has 8 heteroatoms. The summed E-state index contributed by atoms with van der Waals surface area (Å²) < 4.78 is 17.0. The van der Waals surface area contributed by atoms with Crippen molar-refractivity contribution in [3.05, 3.63) is 36.0 Å². The first-order valence-electron chi connectivity index (χ1n) is 8.38. The second-order valence-electron chi connectivity index (χ2n) is 6.92. The number of hydrogen-bond donors (Lipinski definition) is 1. The number of hydrogen-bond acceptors (Lipinski definition) is 7. The summed E-state index contributed by atoms with van der Waals surface area (Å²) in [6.07, 6.45) is 0.806. The molecule has 0 aliphatic carbocycles. The molecule has 1 amide bonds. The fraction of sp³-hybridized carbons (Fsp3) is 0.316. The molecule has 0 spiro atoms. The lowest BCUT2D eigenvalue weighted by Gasteiger charge is -2.31. The predicted molar refractivity (Wildman–Crippen MR) is 99.0 cm³/mol. The van der Waals surface area contributed by atoms with Crippen LogP contribution in [0.5, 0.6) is 17.2 Å². The second-order valence-corrected chi connectivity index (χ2v) is 6.92. The van der Waals surface area contributed by atoms with Crippen LogP contribution in [0.2, 0.25) is 0 Å². The van der Waals surface area contributed by atoms with Gasteiger partial charge in [0.25, 0.3) is 0 Å². The number of fused-ring (bicyclic) bond motifs is 1. The zero-order valence-electron chi connectivity index (χ0n) is 15.4. The maximum Gasteiger partial charge on any atom is 0.416 e. The lowest BCUT2D eigenvalue weighted by Crippen LogP contribution is -2.42. The van der Waals surface area contributed by atoms with Crippen molar-refractivity contribution < 1.29 is 19.0 Å². The molecule has 1 aliphatic heterocycles. The van der Waals surface area contributed by atoms with E-state index in [2.05, 4.69) is 4.98 Å². The molecule has 1 aliphatic rings. The van der Waals surface area contributed by atoms with Gasteiger partial charge >= 0.3 is 6.09 Å². The van der Waals surface area contributed by atoms with Gasteiger partial charge < -0.3 is 19.9 Å². The Labute approximate surface area is 157 Å². The highest BCUT2D eigenvalue weighted by molar-refractivity contribution is 5.90. The number of carbonyl (C=O) groups is 1. The van der Waals surface area contributed by atoms with E-state index in [1.165, 1.54) is 11.1 Å². The van der Waals surface area contributed by atoms with E-state index in [0.717, 1.165) is 0 Å². The van der Waals surface area contributed by atoms with Crippen molar-refractivity contribution in [2.24, 2.45) is 0 Å². The standard InChI is InChI=1S/C19H20N4O4/c1-19(2,3)27-18(24)23-8-9-25-16-15(12(10-20)11-22-17(16)23)26-14-6-4-13(21)5-7-14/h4-7,11H,8-9,21H2,1-3H3. The van der Waals surface area contributed by atoms with E-state index in [4.69, 9.17) is 19.9 Å². The summed E-state index contributed by atoms with van der Waals surface area (Å²) in [7, 11) is 0. The summed E-state index contributed by atoms with van der Waals surface area (Å²) in [5.74, 6) is 1.15. The van der Waals surface area contributed by atoms with Crippen molar-refractivity contribution in [1.82, 2.24) is 4.98 Å². The van der Waals surface area contributed by atoms with E-state index in [1.807, 2.05) is 6.07 Å². The van der Waals surface area contributed by atoms with Gasteiger partial charge in [-0.25, -0.2) is 9.78 Å². The number of nitriles is 1. The number of aromatic nitrogens is 1. The van der Waals surface area contributed by atoms with Crippen LogP contribution in [0, 0.1) is 11.3 Å². The third kappa shape index (κ3) is 4.03. The number of nitrogen functional groups attached to an aromatic ring is 1. The van der Waals surface area contributed by atoms with Crippen LogP contribution >= 0.6 is 0 Å². The lowest BCUT2D eigenvalue weighted by molar-refractivity contribution is 0.0566. The number of amides is 1. The van der Waals surface area contributed by atoms with Gasteiger partial charge in [0, 0.05) is 5.69 Å². The molecule has 1 aromatic carbocycles. The van der Waals surface area contributed by atoms with Crippen LogP contribution in [-0.2, 0) is 4.74 Å². The zero-order chi connectivity index (χ0) is 19.6. The van der Waals surface area contributed by atoms with Crippen molar-refractivity contribution in [3.63, 3.8) is 0 Å². The molecule has 2 heterocycles. The topological polar surface area (TPSA) is 111 Å². The van der Waals surface area contributed by atoms with E-state index in [1.54, 1.807) is 45.0 Å². The van der Waals surface area contributed by atoms with Crippen LogP contribution < -0.4 is 20.1 Å². The summed E-state index contributed by atoms with van der Waals surface area (Å²) in [5.41, 5.74) is 5.82. The molecule has 0 radical (unpaired) electrons.